The van der Waals surface area contributed by atoms with Crippen molar-refractivity contribution in [2.24, 2.45) is 0 Å². The second-order valence-electron chi connectivity index (χ2n) is 2.96. The Morgan fingerprint density at radius 2 is 2.07 bits per heavy atom. The molecule has 15 heavy (non-hydrogen) atoms. The molecule has 0 amide bonds. The lowest BCUT2D eigenvalue weighted by Gasteiger charge is -2.05. The zero-order valence-corrected chi connectivity index (χ0v) is 9.26. The fraction of sp³-hybridized carbons (Fsp3) is 0.0909. The van der Waals surface area contributed by atoms with Gasteiger partial charge in [0.25, 0.3) is 5.95 Å². The third kappa shape index (κ3) is 2.67. The van der Waals surface area contributed by atoms with Crippen LogP contribution in [0.5, 0.6) is 5.95 Å². The normalized spacial score (nSPS) is 10.3. The molecule has 1 aromatic carbocycles. The Kier molecular flexibility index (Phi) is 3.19. The van der Waals surface area contributed by atoms with E-state index in [0.29, 0.717) is 22.6 Å². The summed E-state index contributed by atoms with van der Waals surface area (Å²) in [5, 5.41) is 1.20. The van der Waals surface area contributed by atoms with Crippen molar-refractivity contribution in [3.05, 3.63) is 52.2 Å². The van der Waals surface area contributed by atoms with Gasteiger partial charge < -0.3 is 9.15 Å². The zero-order chi connectivity index (χ0) is 10.7. The first-order chi connectivity index (χ1) is 7.25. The van der Waals surface area contributed by atoms with Crippen LogP contribution in [0.3, 0.4) is 0 Å². The summed E-state index contributed by atoms with van der Waals surface area (Å²) in [6.45, 7) is 0.365. The molecule has 2 nitrogen and oxygen atoms in total. The van der Waals surface area contributed by atoms with Crippen LogP contribution in [0.4, 0.5) is 0 Å². The van der Waals surface area contributed by atoms with Gasteiger partial charge in [0, 0.05) is 21.7 Å². The molecule has 0 radical (unpaired) electrons. The van der Waals surface area contributed by atoms with Crippen molar-refractivity contribution in [1.82, 2.24) is 0 Å². The summed E-state index contributed by atoms with van der Waals surface area (Å²) in [5.41, 5.74) is 0.873. The molecule has 0 saturated heterocycles. The topological polar surface area (TPSA) is 22.4 Å². The molecule has 4 heteroatoms. The maximum absolute atomic E-state index is 5.97. The highest BCUT2D eigenvalue weighted by atomic mass is 35.5. The summed E-state index contributed by atoms with van der Waals surface area (Å²) in [5.74, 6) is 0.473. The molecular weight excluding hydrogens is 235 g/mol. The minimum Gasteiger partial charge on any atom is -0.460 e. The number of halogens is 2. The average Bonchev–Trinajstić information content (AvgIpc) is 2.69. The molecule has 0 fully saturated rings. The van der Waals surface area contributed by atoms with Gasteiger partial charge in [-0.25, -0.2) is 0 Å². The van der Waals surface area contributed by atoms with Gasteiger partial charge in [-0.05, 0) is 18.2 Å². The number of benzene rings is 1. The van der Waals surface area contributed by atoms with E-state index in [1.54, 1.807) is 30.5 Å². The molecular formula is C11H8Cl2O2. The van der Waals surface area contributed by atoms with Crippen molar-refractivity contribution < 1.29 is 9.15 Å². The molecule has 0 aliphatic carbocycles. The maximum Gasteiger partial charge on any atom is 0.284 e. The second-order valence-corrected chi connectivity index (χ2v) is 3.80. The predicted octanol–water partition coefficient (Wildman–Crippen LogP) is 4.17. The fourth-order valence-electron chi connectivity index (χ4n) is 1.13. The van der Waals surface area contributed by atoms with Crippen molar-refractivity contribution in [3.8, 4) is 5.95 Å². The molecule has 0 N–H and O–H groups in total. The van der Waals surface area contributed by atoms with Crippen LogP contribution < -0.4 is 4.74 Å². The van der Waals surface area contributed by atoms with E-state index >= 15 is 0 Å². The first-order valence-electron chi connectivity index (χ1n) is 4.36. The van der Waals surface area contributed by atoms with E-state index in [2.05, 4.69) is 0 Å². The van der Waals surface area contributed by atoms with Crippen LogP contribution in [0.25, 0.3) is 0 Å². The molecule has 2 aromatic rings. The molecule has 1 heterocycles. The summed E-state index contributed by atoms with van der Waals surface area (Å²) < 4.78 is 10.4. The number of rotatable bonds is 3. The Balaban J connectivity index is 2.05. The number of hydrogen-bond acceptors (Lipinski definition) is 2. The Hall–Kier alpha value is -1.12. The van der Waals surface area contributed by atoms with Crippen molar-refractivity contribution in [3.63, 3.8) is 0 Å². The van der Waals surface area contributed by atoms with Crippen molar-refractivity contribution in [1.29, 1.82) is 0 Å². The molecule has 2 rings (SSSR count). The second kappa shape index (κ2) is 4.60. The van der Waals surface area contributed by atoms with Gasteiger partial charge in [0.1, 0.15) is 6.61 Å². The third-order valence-electron chi connectivity index (χ3n) is 1.88. The number of ether oxygens (including phenoxy) is 1. The predicted molar refractivity (Wildman–Crippen MR) is 59.5 cm³/mol. The summed E-state index contributed by atoms with van der Waals surface area (Å²) in [7, 11) is 0. The lowest BCUT2D eigenvalue weighted by molar-refractivity contribution is 0.232. The van der Waals surface area contributed by atoms with Crippen molar-refractivity contribution >= 4 is 23.2 Å². The molecule has 0 aliphatic heterocycles. The van der Waals surface area contributed by atoms with Crippen LogP contribution >= 0.6 is 23.2 Å². The van der Waals surface area contributed by atoms with Gasteiger partial charge in [0.05, 0.1) is 6.26 Å². The van der Waals surface area contributed by atoms with Gasteiger partial charge in [0.2, 0.25) is 0 Å². The van der Waals surface area contributed by atoms with Crippen LogP contribution in [0, 0.1) is 0 Å². The van der Waals surface area contributed by atoms with Gasteiger partial charge in [-0.1, -0.05) is 29.3 Å². The van der Waals surface area contributed by atoms with Gasteiger partial charge in [-0.2, -0.15) is 0 Å². The molecule has 0 atom stereocenters. The Bertz CT molecular complexity index is 438. The minimum atomic E-state index is 0.365. The first kappa shape index (κ1) is 10.4. The smallest absolute Gasteiger partial charge is 0.284 e. The van der Waals surface area contributed by atoms with Crippen LogP contribution in [-0.2, 0) is 6.61 Å². The molecule has 1 aromatic heterocycles. The Morgan fingerprint density at radius 1 is 1.20 bits per heavy atom. The lowest BCUT2D eigenvalue weighted by atomic mass is 10.2. The quantitative estimate of drug-likeness (QED) is 0.807. The molecule has 0 spiro atoms. The SMILES string of the molecule is Clc1ccc(COc2ccco2)c(Cl)c1. The molecule has 0 bridgehead atoms. The van der Waals surface area contributed by atoms with Crippen LogP contribution in [0.2, 0.25) is 10.0 Å². The van der Waals surface area contributed by atoms with Gasteiger partial charge in [0.15, 0.2) is 0 Å². The van der Waals surface area contributed by atoms with Gasteiger partial charge in [-0.15, -0.1) is 0 Å². The highest BCUT2D eigenvalue weighted by molar-refractivity contribution is 6.35. The maximum atomic E-state index is 5.97. The van der Waals surface area contributed by atoms with E-state index in [4.69, 9.17) is 32.4 Å². The van der Waals surface area contributed by atoms with Crippen LogP contribution in [0.1, 0.15) is 5.56 Å². The van der Waals surface area contributed by atoms with Crippen LogP contribution in [0.15, 0.2) is 41.0 Å². The largest absolute Gasteiger partial charge is 0.460 e. The highest BCUT2D eigenvalue weighted by Crippen LogP contribution is 2.22. The fourth-order valence-corrected chi connectivity index (χ4v) is 1.60. The lowest BCUT2D eigenvalue weighted by Crippen LogP contribution is -1.94. The summed E-state index contributed by atoms with van der Waals surface area (Å²) in [6, 6.07) is 8.79. The minimum absolute atomic E-state index is 0.365. The molecule has 78 valence electrons. The van der Waals surface area contributed by atoms with Crippen LogP contribution in [-0.4, -0.2) is 0 Å². The molecule has 0 saturated carbocycles. The summed E-state index contributed by atoms with van der Waals surface area (Å²) in [4.78, 5) is 0. The van der Waals surface area contributed by atoms with E-state index in [1.807, 2.05) is 6.07 Å². The number of furan rings is 1. The molecule has 0 aliphatic rings. The van der Waals surface area contributed by atoms with Crippen molar-refractivity contribution in [2.75, 3.05) is 0 Å². The van der Waals surface area contributed by atoms with E-state index in [-0.39, 0.29) is 0 Å². The van der Waals surface area contributed by atoms with E-state index < -0.39 is 0 Å². The Morgan fingerprint density at radius 3 is 2.73 bits per heavy atom. The first-order valence-corrected chi connectivity index (χ1v) is 5.11. The van der Waals surface area contributed by atoms with Gasteiger partial charge >= 0.3 is 0 Å². The average molecular weight is 243 g/mol. The monoisotopic (exact) mass is 242 g/mol. The zero-order valence-electron chi connectivity index (χ0n) is 7.74. The highest BCUT2D eigenvalue weighted by Gasteiger charge is 2.03. The van der Waals surface area contributed by atoms with Crippen molar-refractivity contribution in [2.45, 2.75) is 6.61 Å². The molecule has 0 unspecified atom stereocenters. The van der Waals surface area contributed by atoms with Gasteiger partial charge in [-0.3, -0.25) is 0 Å². The van der Waals surface area contributed by atoms with E-state index in [9.17, 15) is 0 Å². The van der Waals surface area contributed by atoms with E-state index in [0.717, 1.165) is 5.56 Å². The summed E-state index contributed by atoms with van der Waals surface area (Å²) in [6.07, 6.45) is 1.55. The Labute approximate surface area is 97.4 Å². The summed E-state index contributed by atoms with van der Waals surface area (Å²) >= 11 is 11.7. The third-order valence-corrected chi connectivity index (χ3v) is 2.47. The standard InChI is InChI=1S/C11H8Cl2O2/c12-9-4-3-8(10(13)6-9)7-15-11-2-1-5-14-11/h1-6H,7H2. The number of hydrogen-bond donors (Lipinski definition) is 0. The van der Waals surface area contributed by atoms with E-state index in [1.165, 1.54) is 0 Å².